The van der Waals surface area contributed by atoms with Gasteiger partial charge < -0.3 is 10.1 Å². The van der Waals surface area contributed by atoms with E-state index in [1.807, 2.05) is 24.3 Å². The van der Waals surface area contributed by atoms with E-state index < -0.39 is 0 Å². The van der Waals surface area contributed by atoms with Crippen LogP contribution in [0.2, 0.25) is 10.0 Å². The number of hydrogen-bond donors (Lipinski definition) is 1. The Kier molecular flexibility index (Phi) is 7.34. The summed E-state index contributed by atoms with van der Waals surface area (Å²) in [6.45, 7) is 0.279. The number of rotatable bonds is 8. The minimum atomic E-state index is -0.0993. The third-order valence-corrected chi connectivity index (χ3v) is 5.63. The van der Waals surface area contributed by atoms with E-state index in [1.54, 1.807) is 36.0 Å². The van der Waals surface area contributed by atoms with Crippen molar-refractivity contribution in [3.8, 4) is 5.75 Å². The molecule has 3 aromatic rings. The maximum atomic E-state index is 12.0. The zero-order valence-electron chi connectivity index (χ0n) is 14.0. The van der Waals surface area contributed by atoms with Crippen LogP contribution in [0.1, 0.15) is 11.4 Å². The third-order valence-electron chi connectivity index (χ3n) is 3.30. The van der Waals surface area contributed by atoms with Crippen molar-refractivity contribution in [3.05, 3.63) is 63.6 Å². The molecule has 140 valence electrons. The molecular formula is C18H15Cl2N3O2S2. The molecule has 2 aromatic carbocycles. The van der Waals surface area contributed by atoms with Gasteiger partial charge in [0.2, 0.25) is 11.0 Å². The van der Waals surface area contributed by atoms with Gasteiger partial charge in [0.15, 0.2) is 5.01 Å². The van der Waals surface area contributed by atoms with Gasteiger partial charge in [-0.05, 0) is 48.5 Å². The van der Waals surface area contributed by atoms with E-state index in [-0.39, 0.29) is 12.5 Å². The quantitative estimate of drug-likeness (QED) is 0.466. The molecule has 1 N–H and O–H groups in total. The summed E-state index contributed by atoms with van der Waals surface area (Å²) >= 11 is 14.6. The topological polar surface area (TPSA) is 64.1 Å². The average molecular weight is 440 g/mol. The highest BCUT2D eigenvalue weighted by molar-refractivity contribution is 7.99. The fourth-order valence-corrected chi connectivity index (χ4v) is 3.79. The van der Waals surface area contributed by atoms with Crippen LogP contribution >= 0.6 is 46.3 Å². The molecule has 0 bridgehead atoms. The summed E-state index contributed by atoms with van der Waals surface area (Å²) in [7, 11) is 0. The highest BCUT2D eigenvalue weighted by atomic mass is 35.5. The number of aromatic nitrogens is 2. The second kappa shape index (κ2) is 9.94. The molecule has 0 unspecified atom stereocenters. The van der Waals surface area contributed by atoms with Crippen LogP contribution in [-0.4, -0.2) is 21.9 Å². The standard InChI is InChI=1S/C18H15Cl2N3O2S2/c19-12-1-5-14(6-2-12)25-11-17-22-23-18(27-17)21-16(24)9-10-26-15-7-3-13(20)4-8-15/h1-8H,9-11H2,(H,21,23,24). The van der Waals surface area contributed by atoms with Crippen LogP contribution in [-0.2, 0) is 11.4 Å². The Bertz CT molecular complexity index is 886. The van der Waals surface area contributed by atoms with Gasteiger partial charge in [0.05, 0.1) is 0 Å². The number of amides is 1. The molecule has 5 nitrogen and oxygen atoms in total. The number of ether oxygens (including phenoxy) is 1. The molecule has 0 spiro atoms. The molecule has 27 heavy (non-hydrogen) atoms. The van der Waals surface area contributed by atoms with Gasteiger partial charge in [0, 0.05) is 27.1 Å². The lowest BCUT2D eigenvalue weighted by atomic mass is 10.3. The van der Waals surface area contributed by atoms with Crippen LogP contribution in [0.15, 0.2) is 53.4 Å². The number of halogens is 2. The van der Waals surface area contributed by atoms with Gasteiger partial charge in [-0.3, -0.25) is 4.79 Å². The highest BCUT2D eigenvalue weighted by Crippen LogP contribution is 2.22. The third kappa shape index (κ3) is 6.70. The van der Waals surface area contributed by atoms with E-state index in [2.05, 4.69) is 15.5 Å². The van der Waals surface area contributed by atoms with Crippen LogP contribution in [0.4, 0.5) is 5.13 Å². The highest BCUT2D eigenvalue weighted by Gasteiger charge is 2.09. The zero-order valence-corrected chi connectivity index (χ0v) is 17.2. The number of nitrogens with one attached hydrogen (secondary N) is 1. The molecule has 1 heterocycles. The first-order valence-electron chi connectivity index (χ1n) is 7.97. The Balaban J connectivity index is 1.40. The monoisotopic (exact) mass is 439 g/mol. The van der Waals surface area contributed by atoms with Crippen LogP contribution in [0.25, 0.3) is 0 Å². The summed E-state index contributed by atoms with van der Waals surface area (Å²) in [4.78, 5) is 13.1. The van der Waals surface area contributed by atoms with Gasteiger partial charge in [-0.15, -0.1) is 22.0 Å². The van der Waals surface area contributed by atoms with Gasteiger partial charge in [-0.1, -0.05) is 34.5 Å². The Hall–Kier alpha value is -1.80. The normalized spacial score (nSPS) is 10.6. The zero-order chi connectivity index (χ0) is 19.1. The smallest absolute Gasteiger partial charge is 0.227 e. The van der Waals surface area contributed by atoms with Crippen LogP contribution in [0, 0.1) is 0 Å². The number of hydrogen-bond acceptors (Lipinski definition) is 6. The van der Waals surface area contributed by atoms with Gasteiger partial charge in [0.1, 0.15) is 12.4 Å². The predicted molar refractivity (Wildman–Crippen MR) is 111 cm³/mol. The van der Waals surface area contributed by atoms with Crippen molar-refractivity contribution < 1.29 is 9.53 Å². The average Bonchev–Trinajstić information content (AvgIpc) is 3.10. The minimum Gasteiger partial charge on any atom is -0.486 e. The molecule has 0 aliphatic rings. The summed E-state index contributed by atoms with van der Waals surface area (Å²) in [6, 6.07) is 14.6. The molecule has 1 aromatic heterocycles. The first-order valence-corrected chi connectivity index (χ1v) is 10.5. The lowest BCUT2D eigenvalue weighted by Gasteiger charge is -2.03. The van der Waals surface area contributed by atoms with Crippen molar-refractivity contribution in [3.63, 3.8) is 0 Å². The molecule has 3 rings (SSSR count). The number of nitrogens with zero attached hydrogens (tertiary/aromatic N) is 2. The predicted octanol–water partition coefficient (Wildman–Crippen LogP) is 5.54. The Labute approximate surface area is 175 Å². The summed E-state index contributed by atoms with van der Waals surface area (Å²) < 4.78 is 5.61. The van der Waals surface area contributed by atoms with Gasteiger partial charge in [0.25, 0.3) is 0 Å². The minimum absolute atomic E-state index is 0.0993. The van der Waals surface area contributed by atoms with Crippen molar-refractivity contribution >= 4 is 57.3 Å². The SMILES string of the molecule is O=C(CCSc1ccc(Cl)cc1)Nc1nnc(COc2ccc(Cl)cc2)s1. The first-order chi connectivity index (χ1) is 13.1. The molecule has 0 fully saturated rings. The van der Waals surface area contributed by atoms with Crippen LogP contribution in [0.5, 0.6) is 5.75 Å². The van der Waals surface area contributed by atoms with Gasteiger partial charge in [-0.25, -0.2) is 0 Å². The fraction of sp³-hybridized carbons (Fsp3) is 0.167. The van der Waals surface area contributed by atoms with Gasteiger partial charge in [-0.2, -0.15) is 0 Å². The Morgan fingerprint density at radius 3 is 2.41 bits per heavy atom. The molecule has 0 saturated heterocycles. The summed E-state index contributed by atoms with van der Waals surface area (Å²) in [5.74, 6) is 1.26. The summed E-state index contributed by atoms with van der Waals surface area (Å²) in [6.07, 6.45) is 0.378. The van der Waals surface area contributed by atoms with Crippen LogP contribution in [0.3, 0.4) is 0 Å². The number of anilines is 1. The lowest BCUT2D eigenvalue weighted by Crippen LogP contribution is -2.11. The van der Waals surface area contributed by atoms with Crippen molar-refractivity contribution in [2.45, 2.75) is 17.9 Å². The number of carbonyl (C=O) groups is 1. The lowest BCUT2D eigenvalue weighted by molar-refractivity contribution is -0.115. The molecule has 9 heteroatoms. The van der Waals surface area contributed by atoms with Crippen LogP contribution < -0.4 is 10.1 Å². The molecule has 1 amide bonds. The second-order valence-corrected chi connectivity index (χ2v) is 8.45. The number of thioether (sulfide) groups is 1. The van der Waals surface area contributed by atoms with E-state index in [9.17, 15) is 4.79 Å². The second-order valence-electron chi connectivity index (χ2n) is 5.34. The maximum Gasteiger partial charge on any atom is 0.227 e. The van der Waals surface area contributed by atoms with Crippen molar-refractivity contribution in [2.24, 2.45) is 0 Å². The number of benzene rings is 2. The van der Waals surface area contributed by atoms with Gasteiger partial charge >= 0.3 is 0 Å². The molecule has 0 aliphatic carbocycles. The molecule has 0 aliphatic heterocycles. The summed E-state index contributed by atoms with van der Waals surface area (Å²) in [5.41, 5.74) is 0. The Morgan fingerprint density at radius 2 is 1.70 bits per heavy atom. The van der Waals surface area contributed by atoms with E-state index >= 15 is 0 Å². The molecule has 0 atom stereocenters. The van der Waals surface area contributed by atoms with E-state index in [1.165, 1.54) is 11.3 Å². The van der Waals surface area contributed by atoms with E-state index in [0.717, 1.165) is 4.90 Å². The first kappa shape index (κ1) is 19.9. The number of carbonyl (C=O) groups excluding carboxylic acids is 1. The van der Waals surface area contributed by atoms with Crippen molar-refractivity contribution in [2.75, 3.05) is 11.1 Å². The maximum absolute atomic E-state index is 12.0. The molecule has 0 radical (unpaired) electrons. The Morgan fingerprint density at radius 1 is 1.04 bits per heavy atom. The van der Waals surface area contributed by atoms with Crippen molar-refractivity contribution in [1.82, 2.24) is 10.2 Å². The summed E-state index contributed by atoms with van der Waals surface area (Å²) in [5, 5.41) is 13.2. The van der Waals surface area contributed by atoms with E-state index in [4.69, 9.17) is 27.9 Å². The molecular weight excluding hydrogens is 425 g/mol. The molecule has 0 saturated carbocycles. The van der Waals surface area contributed by atoms with Crippen molar-refractivity contribution in [1.29, 1.82) is 0 Å². The largest absolute Gasteiger partial charge is 0.486 e. The van der Waals surface area contributed by atoms with E-state index in [0.29, 0.717) is 38.1 Å². The fourth-order valence-electron chi connectivity index (χ4n) is 2.01.